The van der Waals surface area contributed by atoms with Crippen molar-refractivity contribution in [3.8, 4) is 11.3 Å². The standard InChI is InChI=1S/C23H22F3N7O/c1-14-7-6-8-15(2)19(14)27-11-17-12-33(32-29-17)13-18(34)28-21-20(16-9-4-3-5-10-16)30-31-22(21)23(24,25)26/h3-10,12,27H,11,13H2,1-2H3,(H,28,34)(H,30,31). The maximum atomic E-state index is 13.5. The number of anilines is 2. The molecule has 0 fully saturated rings. The molecule has 11 heteroatoms. The van der Waals surface area contributed by atoms with Gasteiger partial charge in [-0.3, -0.25) is 9.89 Å². The van der Waals surface area contributed by atoms with Crippen LogP contribution in [0.4, 0.5) is 24.5 Å². The average Bonchev–Trinajstić information content (AvgIpc) is 3.41. The van der Waals surface area contributed by atoms with Crippen molar-refractivity contribution in [2.45, 2.75) is 33.1 Å². The van der Waals surface area contributed by atoms with Crippen molar-refractivity contribution in [1.29, 1.82) is 0 Å². The molecule has 3 N–H and O–H groups in total. The molecule has 1 amide bonds. The average molecular weight is 469 g/mol. The number of alkyl halides is 3. The summed E-state index contributed by atoms with van der Waals surface area (Å²) < 4.78 is 41.7. The zero-order chi connectivity index (χ0) is 24.3. The van der Waals surface area contributed by atoms with Crippen LogP contribution >= 0.6 is 0 Å². The first-order valence-corrected chi connectivity index (χ1v) is 10.4. The number of amides is 1. The van der Waals surface area contributed by atoms with E-state index in [1.165, 1.54) is 4.68 Å². The molecule has 4 rings (SSSR count). The molecule has 4 aromatic rings. The molecule has 0 aliphatic rings. The van der Waals surface area contributed by atoms with Crippen molar-refractivity contribution < 1.29 is 18.0 Å². The number of nitrogens with zero attached hydrogens (tertiary/aromatic N) is 4. The van der Waals surface area contributed by atoms with Crippen molar-refractivity contribution in [1.82, 2.24) is 25.2 Å². The van der Waals surface area contributed by atoms with Crippen LogP contribution in [0.1, 0.15) is 22.5 Å². The Balaban J connectivity index is 1.47. The van der Waals surface area contributed by atoms with Crippen LogP contribution in [0.15, 0.2) is 54.7 Å². The lowest BCUT2D eigenvalue weighted by molar-refractivity contribution is -0.140. The van der Waals surface area contributed by atoms with Gasteiger partial charge in [0.1, 0.15) is 17.9 Å². The zero-order valence-corrected chi connectivity index (χ0v) is 18.4. The van der Waals surface area contributed by atoms with E-state index in [1.54, 1.807) is 36.5 Å². The topological polar surface area (TPSA) is 101 Å². The molecule has 0 bridgehead atoms. The van der Waals surface area contributed by atoms with E-state index in [4.69, 9.17) is 0 Å². The summed E-state index contributed by atoms with van der Waals surface area (Å²) in [5.41, 5.74) is 2.62. The van der Waals surface area contributed by atoms with Gasteiger partial charge in [0.2, 0.25) is 5.91 Å². The number of halogens is 3. The van der Waals surface area contributed by atoms with Gasteiger partial charge >= 0.3 is 6.18 Å². The van der Waals surface area contributed by atoms with E-state index in [1.807, 2.05) is 37.1 Å². The van der Waals surface area contributed by atoms with Crippen molar-refractivity contribution in [3.05, 3.63) is 77.2 Å². The zero-order valence-electron chi connectivity index (χ0n) is 18.4. The monoisotopic (exact) mass is 469 g/mol. The molecule has 0 spiro atoms. The first kappa shape index (κ1) is 23.0. The fraction of sp³-hybridized carbons (Fsp3) is 0.217. The van der Waals surface area contributed by atoms with E-state index in [9.17, 15) is 18.0 Å². The molecule has 0 saturated heterocycles. The number of rotatable bonds is 7. The Kier molecular flexibility index (Phi) is 6.35. The van der Waals surface area contributed by atoms with Crippen LogP contribution in [0.5, 0.6) is 0 Å². The van der Waals surface area contributed by atoms with Gasteiger partial charge in [-0.05, 0) is 25.0 Å². The number of aromatic nitrogens is 5. The fourth-order valence-corrected chi connectivity index (χ4v) is 3.57. The Labute approximate surface area is 193 Å². The molecule has 34 heavy (non-hydrogen) atoms. The lowest BCUT2D eigenvalue weighted by Gasteiger charge is -2.11. The molecule has 0 atom stereocenters. The summed E-state index contributed by atoms with van der Waals surface area (Å²) in [5.74, 6) is -0.691. The SMILES string of the molecule is Cc1cccc(C)c1NCc1cn(CC(=O)Nc2c(-c3ccccc3)n[nH]c2C(F)(F)F)nn1. The highest BCUT2D eigenvalue weighted by Gasteiger charge is 2.38. The van der Waals surface area contributed by atoms with Gasteiger partial charge in [0.05, 0.1) is 18.4 Å². The summed E-state index contributed by atoms with van der Waals surface area (Å²) in [6.45, 7) is 4.05. The largest absolute Gasteiger partial charge is 0.434 e. The van der Waals surface area contributed by atoms with Crippen molar-refractivity contribution >= 4 is 17.3 Å². The van der Waals surface area contributed by atoms with Gasteiger partial charge in [0.15, 0.2) is 5.69 Å². The van der Waals surface area contributed by atoms with Crippen LogP contribution in [-0.2, 0) is 24.1 Å². The summed E-state index contributed by atoms with van der Waals surface area (Å²) in [6.07, 6.45) is -3.15. The normalized spacial score (nSPS) is 11.4. The third-order valence-corrected chi connectivity index (χ3v) is 5.18. The first-order valence-electron chi connectivity index (χ1n) is 10.4. The van der Waals surface area contributed by atoms with E-state index in [2.05, 4.69) is 26.0 Å². The summed E-state index contributed by atoms with van der Waals surface area (Å²) in [7, 11) is 0. The highest BCUT2D eigenvalue weighted by molar-refractivity contribution is 5.95. The first-order chi connectivity index (χ1) is 16.2. The summed E-state index contributed by atoms with van der Waals surface area (Å²) in [6, 6.07) is 14.3. The number of carbonyl (C=O) groups excluding carboxylic acids is 1. The smallest absolute Gasteiger partial charge is 0.379 e. The molecular weight excluding hydrogens is 447 g/mol. The molecule has 2 aromatic heterocycles. The van der Waals surface area contributed by atoms with Gasteiger partial charge in [-0.15, -0.1) is 5.10 Å². The van der Waals surface area contributed by atoms with Crippen LogP contribution in [0.3, 0.4) is 0 Å². The number of carbonyl (C=O) groups is 1. The second kappa shape index (κ2) is 9.38. The van der Waals surface area contributed by atoms with Gasteiger partial charge in [0.25, 0.3) is 0 Å². The Hall–Kier alpha value is -4.15. The van der Waals surface area contributed by atoms with E-state index in [0.29, 0.717) is 17.8 Å². The molecule has 0 saturated carbocycles. The number of aryl methyl sites for hydroxylation is 2. The van der Waals surface area contributed by atoms with Crippen molar-refractivity contribution in [2.24, 2.45) is 0 Å². The maximum absolute atomic E-state index is 13.5. The molecule has 2 aromatic carbocycles. The van der Waals surface area contributed by atoms with Crippen LogP contribution in [0, 0.1) is 13.8 Å². The summed E-state index contributed by atoms with van der Waals surface area (Å²) >= 11 is 0. The molecular formula is C23H22F3N7O. The quantitative estimate of drug-likeness (QED) is 0.369. The predicted octanol–water partition coefficient (Wildman–Crippen LogP) is 4.55. The number of H-pyrrole nitrogens is 1. The maximum Gasteiger partial charge on any atom is 0.434 e. The molecule has 0 unspecified atom stereocenters. The molecule has 2 heterocycles. The van der Waals surface area contributed by atoms with E-state index < -0.39 is 23.5 Å². The second-order valence-corrected chi connectivity index (χ2v) is 7.76. The number of nitrogens with one attached hydrogen (secondary N) is 3. The second-order valence-electron chi connectivity index (χ2n) is 7.76. The Morgan fingerprint density at radius 1 is 1.03 bits per heavy atom. The highest BCUT2D eigenvalue weighted by Crippen LogP contribution is 2.38. The van der Waals surface area contributed by atoms with Crippen LogP contribution < -0.4 is 10.6 Å². The Morgan fingerprint density at radius 3 is 2.41 bits per heavy atom. The van der Waals surface area contributed by atoms with E-state index in [-0.39, 0.29) is 12.2 Å². The minimum atomic E-state index is -4.72. The van der Waals surface area contributed by atoms with Gasteiger partial charge in [-0.25, -0.2) is 4.68 Å². The minimum Gasteiger partial charge on any atom is -0.379 e. The van der Waals surface area contributed by atoms with Crippen LogP contribution in [0.25, 0.3) is 11.3 Å². The lowest BCUT2D eigenvalue weighted by Crippen LogP contribution is -2.21. The number of para-hydroxylation sites is 1. The number of hydrogen-bond acceptors (Lipinski definition) is 5. The predicted molar refractivity (Wildman–Crippen MR) is 121 cm³/mol. The van der Waals surface area contributed by atoms with E-state index in [0.717, 1.165) is 16.8 Å². The fourth-order valence-electron chi connectivity index (χ4n) is 3.57. The summed E-state index contributed by atoms with van der Waals surface area (Å²) in [4.78, 5) is 12.6. The number of aromatic amines is 1. The molecule has 176 valence electrons. The van der Waals surface area contributed by atoms with Gasteiger partial charge in [-0.2, -0.15) is 18.3 Å². The van der Waals surface area contributed by atoms with Crippen molar-refractivity contribution in [3.63, 3.8) is 0 Å². The van der Waals surface area contributed by atoms with Crippen LogP contribution in [-0.4, -0.2) is 31.1 Å². The Morgan fingerprint density at radius 2 is 1.74 bits per heavy atom. The van der Waals surface area contributed by atoms with Gasteiger partial charge in [-0.1, -0.05) is 53.7 Å². The Bertz CT molecular complexity index is 1280. The number of benzene rings is 2. The van der Waals surface area contributed by atoms with E-state index >= 15 is 0 Å². The third-order valence-electron chi connectivity index (χ3n) is 5.18. The van der Waals surface area contributed by atoms with Crippen LogP contribution in [0.2, 0.25) is 0 Å². The summed E-state index contributed by atoms with van der Waals surface area (Å²) in [5, 5.41) is 19.4. The van der Waals surface area contributed by atoms with Gasteiger partial charge in [0, 0.05) is 11.3 Å². The molecule has 0 aliphatic carbocycles. The minimum absolute atomic E-state index is 0.00152. The molecule has 8 nitrogen and oxygen atoms in total. The third kappa shape index (κ3) is 5.08. The molecule has 0 aliphatic heterocycles. The highest BCUT2D eigenvalue weighted by atomic mass is 19.4. The number of hydrogen-bond donors (Lipinski definition) is 3. The lowest BCUT2D eigenvalue weighted by atomic mass is 10.1. The van der Waals surface area contributed by atoms with Gasteiger partial charge < -0.3 is 10.6 Å². The van der Waals surface area contributed by atoms with Crippen molar-refractivity contribution in [2.75, 3.05) is 10.6 Å². The molecule has 0 radical (unpaired) electrons.